The SMILES string of the molecule is COc1cc(OC)cc(-c2noc(CSc3nc4cc5c(cc4c(=O)n3C3CC3)OCO5)n2)c1. The number of thioether (sulfide) groups is 1. The van der Waals surface area contributed by atoms with Crippen molar-refractivity contribution in [3.05, 3.63) is 46.6 Å². The largest absolute Gasteiger partial charge is 0.497 e. The van der Waals surface area contributed by atoms with Gasteiger partial charge in [-0.3, -0.25) is 9.36 Å². The summed E-state index contributed by atoms with van der Waals surface area (Å²) in [6, 6.07) is 9.01. The van der Waals surface area contributed by atoms with Gasteiger partial charge in [0.1, 0.15) is 11.5 Å². The minimum Gasteiger partial charge on any atom is -0.497 e. The summed E-state index contributed by atoms with van der Waals surface area (Å²) in [7, 11) is 3.17. The Morgan fingerprint density at radius 3 is 2.47 bits per heavy atom. The van der Waals surface area contributed by atoms with Crippen molar-refractivity contribution in [2.24, 2.45) is 0 Å². The van der Waals surface area contributed by atoms with Crippen molar-refractivity contribution in [2.45, 2.75) is 29.8 Å². The second-order valence-electron chi connectivity index (χ2n) is 7.93. The maximum atomic E-state index is 13.3. The van der Waals surface area contributed by atoms with Crippen molar-refractivity contribution in [2.75, 3.05) is 21.0 Å². The Hall–Kier alpha value is -3.73. The fourth-order valence-electron chi connectivity index (χ4n) is 3.82. The highest BCUT2D eigenvalue weighted by molar-refractivity contribution is 7.98. The molecule has 2 aromatic carbocycles. The third kappa shape index (κ3) is 3.71. The van der Waals surface area contributed by atoms with E-state index in [1.54, 1.807) is 37.0 Å². The van der Waals surface area contributed by atoms with Gasteiger partial charge in [0, 0.05) is 23.7 Å². The van der Waals surface area contributed by atoms with Crippen molar-refractivity contribution in [1.82, 2.24) is 19.7 Å². The first-order valence-electron chi connectivity index (χ1n) is 10.7. The van der Waals surface area contributed by atoms with Crippen LogP contribution in [0.3, 0.4) is 0 Å². The third-order valence-electron chi connectivity index (χ3n) is 5.68. The summed E-state index contributed by atoms with van der Waals surface area (Å²) in [6.45, 7) is 0.142. The molecule has 4 aromatic rings. The van der Waals surface area contributed by atoms with E-state index in [1.165, 1.54) is 11.8 Å². The van der Waals surface area contributed by atoms with Gasteiger partial charge in [-0.1, -0.05) is 16.9 Å². The van der Waals surface area contributed by atoms with Gasteiger partial charge in [-0.25, -0.2) is 4.98 Å². The van der Waals surface area contributed by atoms with Gasteiger partial charge < -0.3 is 23.5 Å². The monoisotopic (exact) mass is 480 g/mol. The van der Waals surface area contributed by atoms with Crippen LogP contribution in [-0.2, 0) is 5.75 Å². The van der Waals surface area contributed by atoms with E-state index in [0.29, 0.717) is 62.1 Å². The number of hydrogen-bond acceptors (Lipinski definition) is 10. The molecule has 2 aliphatic rings. The number of ether oxygens (including phenoxy) is 4. The number of benzene rings is 2. The third-order valence-corrected chi connectivity index (χ3v) is 6.61. The molecule has 0 atom stereocenters. The fourth-order valence-corrected chi connectivity index (χ4v) is 4.72. The van der Waals surface area contributed by atoms with E-state index < -0.39 is 0 Å². The van der Waals surface area contributed by atoms with Crippen molar-refractivity contribution >= 4 is 22.7 Å². The summed E-state index contributed by atoms with van der Waals surface area (Å²) >= 11 is 1.39. The lowest BCUT2D eigenvalue weighted by atomic mass is 10.2. The highest BCUT2D eigenvalue weighted by Gasteiger charge is 2.29. The molecule has 0 unspecified atom stereocenters. The quantitative estimate of drug-likeness (QED) is 0.286. The summed E-state index contributed by atoms with van der Waals surface area (Å²) in [5.74, 6) is 3.63. The van der Waals surface area contributed by atoms with E-state index in [9.17, 15) is 4.79 Å². The highest BCUT2D eigenvalue weighted by atomic mass is 32.2. The average Bonchev–Trinajstić information content (AvgIpc) is 3.38. The van der Waals surface area contributed by atoms with Crippen LogP contribution in [0.2, 0.25) is 0 Å². The first-order chi connectivity index (χ1) is 16.6. The Labute approximate surface area is 197 Å². The summed E-state index contributed by atoms with van der Waals surface area (Å²) in [5.41, 5.74) is 1.21. The molecule has 0 amide bonds. The summed E-state index contributed by atoms with van der Waals surface area (Å²) in [4.78, 5) is 22.6. The minimum absolute atomic E-state index is 0.0806. The zero-order valence-electron chi connectivity index (χ0n) is 18.4. The van der Waals surface area contributed by atoms with E-state index in [4.69, 9.17) is 28.5 Å². The fraction of sp³-hybridized carbons (Fsp3) is 0.304. The van der Waals surface area contributed by atoms with Gasteiger partial charge in [-0.05, 0) is 31.0 Å². The normalized spacial score (nSPS) is 14.5. The lowest BCUT2D eigenvalue weighted by molar-refractivity contribution is 0.174. The van der Waals surface area contributed by atoms with Crippen LogP contribution in [0.15, 0.2) is 44.8 Å². The van der Waals surface area contributed by atoms with Crippen molar-refractivity contribution in [1.29, 1.82) is 0 Å². The second kappa shape index (κ2) is 8.24. The van der Waals surface area contributed by atoms with Gasteiger partial charge in [-0.2, -0.15) is 4.98 Å². The van der Waals surface area contributed by atoms with E-state index in [0.717, 1.165) is 12.8 Å². The number of rotatable bonds is 7. The minimum atomic E-state index is -0.0806. The van der Waals surface area contributed by atoms with E-state index in [-0.39, 0.29) is 18.4 Å². The van der Waals surface area contributed by atoms with Crippen LogP contribution >= 0.6 is 11.8 Å². The molecule has 1 fully saturated rings. The zero-order valence-corrected chi connectivity index (χ0v) is 19.3. The molecular formula is C23H20N4O6S. The van der Waals surface area contributed by atoms with E-state index in [1.807, 2.05) is 12.1 Å². The van der Waals surface area contributed by atoms with Crippen molar-refractivity contribution in [3.8, 4) is 34.4 Å². The molecule has 1 aliphatic carbocycles. The number of fused-ring (bicyclic) bond motifs is 2. The van der Waals surface area contributed by atoms with Gasteiger partial charge >= 0.3 is 0 Å². The van der Waals surface area contributed by atoms with Gasteiger partial charge in [0.15, 0.2) is 16.7 Å². The predicted octanol–water partition coefficient (Wildman–Crippen LogP) is 3.82. The van der Waals surface area contributed by atoms with Gasteiger partial charge in [0.2, 0.25) is 18.5 Å². The molecule has 1 saturated carbocycles. The molecule has 0 N–H and O–H groups in total. The summed E-state index contributed by atoms with van der Waals surface area (Å²) in [6.07, 6.45) is 1.90. The van der Waals surface area contributed by atoms with Crippen LogP contribution in [0.5, 0.6) is 23.0 Å². The summed E-state index contributed by atoms with van der Waals surface area (Å²) < 4.78 is 28.8. The molecule has 0 bridgehead atoms. The molecule has 174 valence electrons. The molecule has 0 radical (unpaired) electrons. The first kappa shape index (κ1) is 20.8. The van der Waals surface area contributed by atoms with Gasteiger partial charge in [0.05, 0.1) is 30.9 Å². The Kier molecular flexibility index (Phi) is 5.05. The lowest BCUT2D eigenvalue weighted by Crippen LogP contribution is -2.22. The molecule has 0 spiro atoms. The molecule has 0 saturated heterocycles. The lowest BCUT2D eigenvalue weighted by Gasteiger charge is -2.12. The Morgan fingerprint density at radius 2 is 1.76 bits per heavy atom. The molecule has 1 aliphatic heterocycles. The van der Waals surface area contributed by atoms with E-state index >= 15 is 0 Å². The summed E-state index contributed by atoms with van der Waals surface area (Å²) in [5, 5.41) is 5.23. The number of hydrogen-bond donors (Lipinski definition) is 0. The van der Waals surface area contributed by atoms with Crippen LogP contribution < -0.4 is 24.5 Å². The second-order valence-corrected chi connectivity index (χ2v) is 8.87. The number of methoxy groups -OCH3 is 2. The van der Waals surface area contributed by atoms with Gasteiger partial charge in [-0.15, -0.1) is 0 Å². The standard InChI is InChI=1S/C23H20N4O6S/c1-29-14-5-12(6-15(7-14)30-2)21-25-20(33-26-21)10-34-23-24-17-9-19-18(31-11-32-19)8-16(17)22(28)27(23)13-3-4-13/h5-9,13H,3-4,10-11H2,1-2H3. The van der Waals surface area contributed by atoms with Crippen LogP contribution in [0.25, 0.3) is 22.3 Å². The average molecular weight is 481 g/mol. The molecule has 2 aromatic heterocycles. The Bertz CT molecular complexity index is 1440. The zero-order chi connectivity index (χ0) is 23.2. The predicted molar refractivity (Wildman–Crippen MR) is 123 cm³/mol. The molecule has 11 heteroatoms. The molecular weight excluding hydrogens is 460 g/mol. The number of nitrogens with zero attached hydrogens (tertiary/aromatic N) is 4. The maximum Gasteiger partial charge on any atom is 0.262 e. The first-order valence-corrected chi connectivity index (χ1v) is 11.7. The smallest absolute Gasteiger partial charge is 0.262 e. The van der Waals surface area contributed by atoms with Gasteiger partial charge in [0.25, 0.3) is 5.56 Å². The topological polar surface area (TPSA) is 111 Å². The van der Waals surface area contributed by atoms with Crippen LogP contribution in [0.1, 0.15) is 24.8 Å². The highest BCUT2D eigenvalue weighted by Crippen LogP contribution is 2.39. The molecule has 3 heterocycles. The Balaban J connectivity index is 1.30. The van der Waals surface area contributed by atoms with Crippen LogP contribution in [0.4, 0.5) is 0 Å². The van der Waals surface area contributed by atoms with Crippen LogP contribution in [-0.4, -0.2) is 40.7 Å². The number of aromatic nitrogens is 4. The van der Waals surface area contributed by atoms with Crippen molar-refractivity contribution < 1.29 is 23.5 Å². The molecule has 10 nitrogen and oxygen atoms in total. The molecule has 34 heavy (non-hydrogen) atoms. The van der Waals surface area contributed by atoms with E-state index in [2.05, 4.69) is 10.1 Å². The van der Waals surface area contributed by atoms with Crippen molar-refractivity contribution in [3.63, 3.8) is 0 Å². The Morgan fingerprint density at radius 1 is 1.03 bits per heavy atom. The van der Waals surface area contributed by atoms with Crippen LogP contribution in [0, 0.1) is 0 Å². The molecule has 6 rings (SSSR count). The maximum absolute atomic E-state index is 13.3.